The van der Waals surface area contributed by atoms with E-state index in [4.69, 9.17) is 11.6 Å². The molecule has 19 heavy (non-hydrogen) atoms. The number of nitrogens with one attached hydrogen (secondary N) is 2. The maximum absolute atomic E-state index is 13.0. The van der Waals surface area contributed by atoms with Crippen LogP contribution in [0.2, 0.25) is 5.02 Å². The van der Waals surface area contributed by atoms with E-state index < -0.39 is 15.8 Å². The zero-order chi connectivity index (χ0) is 14.5. The first-order chi connectivity index (χ1) is 8.79. The zero-order valence-electron chi connectivity index (χ0n) is 10.9. The topological polar surface area (TPSA) is 58.2 Å². The van der Waals surface area contributed by atoms with Gasteiger partial charge in [0.05, 0.1) is 11.3 Å². The molecule has 2 N–H and O–H groups in total. The van der Waals surface area contributed by atoms with Crippen molar-refractivity contribution in [1.82, 2.24) is 10.0 Å². The average Bonchev–Trinajstić information content (AvgIpc) is 2.30. The fourth-order valence-electron chi connectivity index (χ4n) is 1.56. The van der Waals surface area contributed by atoms with Crippen molar-refractivity contribution in [2.75, 3.05) is 19.3 Å². The van der Waals surface area contributed by atoms with E-state index in [9.17, 15) is 12.8 Å². The van der Waals surface area contributed by atoms with Gasteiger partial charge in [-0.1, -0.05) is 17.7 Å². The predicted molar refractivity (Wildman–Crippen MR) is 75.3 cm³/mol. The van der Waals surface area contributed by atoms with Gasteiger partial charge in [0, 0.05) is 12.6 Å². The second kappa shape index (κ2) is 7.19. The molecular weight excluding hydrogens is 291 g/mol. The molecule has 0 radical (unpaired) electrons. The fourth-order valence-corrected chi connectivity index (χ4v) is 2.27. The van der Waals surface area contributed by atoms with Crippen molar-refractivity contribution in [1.29, 1.82) is 0 Å². The van der Waals surface area contributed by atoms with Crippen molar-refractivity contribution in [2.45, 2.75) is 19.4 Å². The van der Waals surface area contributed by atoms with Crippen molar-refractivity contribution in [3.8, 4) is 0 Å². The van der Waals surface area contributed by atoms with E-state index >= 15 is 0 Å². The van der Waals surface area contributed by atoms with Crippen LogP contribution in [0.5, 0.6) is 0 Å². The summed E-state index contributed by atoms with van der Waals surface area (Å²) in [6.45, 7) is 2.98. The SMILES string of the molecule is CC(NCCCNS(C)(=O)=O)c1ccc(F)c(Cl)c1. The summed E-state index contributed by atoms with van der Waals surface area (Å²) >= 11 is 5.71. The number of hydrogen-bond acceptors (Lipinski definition) is 3. The largest absolute Gasteiger partial charge is 0.310 e. The molecular formula is C12H18ClFN2O2S. The Morgan fingerprint density at radius 2 is 2.05 bits per heavy atom. The second-order valence-electron chi connectivity index (χ2n) is 4.37. The van der Waals surface area contributed by atoms with Crippen LogP contribution in [-0.2, 0) is 10.0 Å². The van der Waals surface area contributed by atoms with Crippen molar-refractivity contribution < 1.29 is 12.8 Å². The van der Waals surface area contributed by atoms with E-state index in [2.05, 4.69) is 10.0 Å². The third kappa shape index (κ3) is 6.33. The van der Waals surface area contributed by atoms with E-state index in [1.807, 2.05) is 6.92 Å². The standard InChI is InChI=1S/C12H18ClFN2O2S/c1-9(10-4-5-12(14)11(13)8-10)15-6-3-7-16-19(2,17)18/h4-5,8-9,15-16H,3,6-7H2,1-2H3. The average molecular weight is 309 g/mol. The molecule has 0 aliphatic carbocycles. The lowest BCUT2D eigenvalue weighted by Crippen LogP contribution is -2.27. The Balaban J connectivity index is 2.35. The Morgan fingerprint density at radius 1 is 1.37 bits per heavy atom. The lowest BCUT2D eigenvalue weighted by molar-refractivity contribution is 0.547. The normalized spacial score (nSPS) is 13.5. The van der Waals surface area contributed by atoms with Crippen molar-refractivity contribution in [3.05, 3.63) is 34.6 Å². The molecule has 0 heterocycles. The third-order valence-electron chi connectivity index (χ3n) is 2.61. The van der Waals surface area contributed by atoms with Crippen molar-refractivity contribution in [2.24, 2.45) is 0 Å². The van der Waals surface area contributed by atoms with E-state index in [0.29, 0.717) is 19.5 Å². The number of hydrogen-bond donors (Lipinski definition) is 2. The summed E-state index contributed by atoms with van der Waals surface area (Å²) < 4.78 is 37.1. The highest BCUT2D eigenvalue weighted by molar-refractivity contribution is 7.88. The lowest BCUT2D eigenvalue weighted by atomic mass is 10.1. The summed E-state index contributed by atoms with van der Waals surface area (Å²) in [7, 11) is -3.12. The molecule has 108 valence electrons. The van der Waals surface area contributed by atoms with Crippen LogP contribution in [0.25, 0.3) is 0 Å². The van der Waals surface area contributed by atoms with Gasteiger partial charge in [-0.25, -0.2) is 17.5 Å². The fraction of sp³-hybridized carbons (Fsp3) is 0.500. The maximum atomic E-state index is 13.0. The van der Waals surface area contributed by atoms with Crippen LogP contribution in [0.15, 0.2) is 18.2 Å². The minimum atomic E-state index is -3.12. The Hall–Kier alpha value is -0.690. The molecule has 0 bridgehead atoms. The van der Waals surface area contributed by atoms with Crippen LogP contribution < -0.4 is 10.0 Å². The Bertz CT molecular complexity index is 522. The highest BCUT2D eigenvalue weighted by Gasteiger charge is 2.07. The van der Waals surface area contributed by atoms with Gasteiger partial charge in [-0.2, -0.15) is 0 Å². The van der Waals surface area contributed by atoms with Gasteiger partial charge < -0.3 is 5.32 Å². The highest BCUT2D eigenvalue weighted by Crippen LogP contribution is 2.20. The first-order valence-corrected chi connectivity index (χ1v) is 8.19. The van der Waals surface area contributed by atoms with Crippen LogP contribution in [0, 0.1) is 5.82 Å². The molecule has 4 nitrogen and oxygen atoms in total. The van der Waals surface area contributed by atoms with Gasteiger partial charge in [0.25, 0.3) is 0 Å². The van der Waals surface area contributed by atoms with E-state index in [0.717, 1.165) is 11.8 Å². The summed E-state index contributed by atoms with van der Waals surface area (Å²) in [5.41, 5.74) is 0.891. The van der Waals surface area contributed by atoms with Crippen LogP contribution in [0.3, 0.4) is 0 Å². The Labute approximate surface area is 118 Å². The van der Waals surface area contributed by atoms with Crippen molar-refractivity contribution >= 4 is 21.6 Å². The molecule has 1 atom stereocenters. The summed E-state index contributed by atoms with van der Waals surface area (Å²) in [5.74, 6) is -0.435. The summed E-state index contributed by atoms with van der Waals surface area (Å²) in [5, 5.41) is 3.32. The quantitative estimate of drug-likeness (QED) is 0.758. The summed E-state index contributed by atoms with van der Waals surface area (Å²) in [6, 6.07) is 4.62. The Kier molecular flexibility index (Phi) is 6.19. The van der Waals surface area contributed by atoms with E-state index in [1.54, 1.807) is 12.1 Å². The number of benzene rings is 1. The predicted octanol–water partition coefficient (Wildman–Crippen LogP) is 2.07. The molecule has 0 fully saturated rings. The molecule has 0 spiro atoms. The van der Waals surface area contributed by atoms with Gasteiger partial charge in [0.1, 0.15) is 5.82 Å². The van der Waals surface area contributed by atoms with E-state index in [-0.39, 0.29) is 11.1 Å². The smallest absolute Gasteiger partial charge is 0.208 e. The minimum Gasteiger partial charge on any atom is -0.310 e. The molecule has 7 heteroatoms. The molecule has 1 aromatic rings. The van der Waals surface area contributed by atoms with Crippen LogP contribution in [0.4, 0.5) is 4.39 Å². The molecule has 0 amide bonds. The summed E-state index contributed by atoms with van der Waals surface area (Å²) in [6.07, 6.45) is 1.80. The maximum Gasteiger partial charge on any atom is 0.208 e. The second-order valence-corrected chi connectivity index (χ2v) is 6.61. The number of rotatable bonds is 7. The van der Waals surface area contributed by atoms with Crippen LogP contribution in [-0.4, -0.2) is 27.8 Å². The van der Waals surface area contributed by atoms with Gasteiger partial charge in [-0.3, -0.25) is 0 Å². The molecule has 0 aromatic heterocycles. The Morgan fingerprint density at radius 3 is 2.63 bits per heavy atom. The van der Waals surface area contributed by atoms with Gasteiger partial charge >= 0.3 is 0 Å². The van der Waals surface area contributed by atoms with Gasteiger partial charge in [0.2, 0.25) is 10.0 Å². The lowest BCUT2D eigenvalue weighted by Gasteiger charge is -2.14. The molecule has 0 saturated heterocycles. The molecule has 0 aliphatic heterocycles. The van der Waals surface area contributed by atoms with Gasteiger partial charge in [-0.05, 0) is 37.6 Å². The van der Waals surface area contributed by atoms with Crippen LogP contribution in [0.1, 0.15) is 24.9 Å². The molecule has 0 aliphatic rings. The number of halogens is 2. The van der Waals surface area contributed by atoms with E-state index in [1.165, 1.54) is 6.07 Å². The summed E-state index contributed by atoms with van der Waals surface area (Å²) in [4.78, 5) is 0. The monoisotopic (exact) mass is 308 g/mol. The van der Waals surface area contributed by atoms with Crippen LogP contribution >= 0.6 is 11.6 Å². The minimum absolute atomic E-state index is 0.0244. The third-order valence-corrected chi connectivity index (χ3v) is 3.63. The van der Waals surface area contributed by atoms with Gasteiger partial charge in [-0.15, -0.1) is 0 Å². The molecule has 1 rings (SSSR count). The number of sulfonamides is 1. The molecule has 0 saturated carbocycles. The first-order valence-electron chi connectivity index (χ1n) is 5.92. The highest BCUT2D eigenvalue weighted by atomic mass is 35.5. The first kappa shape index (κ1) is 16.4. The zero-order valence-corrected chi connectivity index (χ0v) is 12.5. The molecule has 1 aromatic carbocycles. The molecule has 1 unspecified atom stereocenters. The van der Waals surface area contributed by atoms with Gasteiger partial charge in [0.15, 0.2) is 0 Å². The van der Waals surface area contributed by atoms with Crippen molar-refractivity contribution in [3.63, 3.8) is 0 Å².